The molecule has 2 atom stereocenters. The maximum absolute atomic E-state index is 15.8. The van der Waals surface area contributed by atoms with E-state index in [1.165, 1.54) is 19.2 Å². The number of nitrogens with one attached hydrogen (secondary N) is 2. The number of carbonyl (C=O) groups is 2. The van der Waals surface area contributed by atoms with Gasteiger partial charge in [0, 0.05) is 28.3 Å². The lowest BCUT2D eigenvalue weighted by Crippen LogP contribution is -2.59. The molecule has 4 N–H and O–H groups in total. The fraction of sp³-hybridized carbons (Fsp3) is 0.538. The second-order valence-corrected chi connectivity index (χ2v) is 10.5. The molecule has 1 aliphatic heterocycles. The zero-order chi connectivity index (χ0) is 31.0. The molecule has 1 aliphatic carbocycles. The van der Waals surface area contributed by atoms with Crippen molar-refractivity contribution >= 4 is 28.6 Å². The lowest BCUT2D eigenvalue weighted by molar-refractivity contribution is -0.175. The molecule has 2 fully saturated rings. The summed E-state index contributed by atoms with van der Waals surface area (Å²) in [5, 5.41) is 2.65. The maximum Gasteiger partial charge on any atom is 0.390 e. The van der Waals surface area contributed by atoms with Gasteiger partial charge in [0.2, 0.25) is 11.8 Å². The molecule has 0 spiro atoms. The summed E-state index contributed by atoms with van der Waals surface area (Å²) in [5.41, 5.74) is 4.08. The van der Waals surface area contributed by atoms with Crippen molar-refractivity contribution in [3.05, 3.63) is 41.6 Å². The van der Waals surface area contributed by atoms with E-state index in [2.05, 4.69) is 20.3 Å². The highest BCUT2D eigenvalue weighted by Gasteiger charge is 2.50. The summed E-state index contributed by atoms with van der Waals surface area (Å²) in [6.45, 7) is -2.17. The molecule has 1 saturated carbocycles. The summed E-state index contributed by atoms with van der Waals surface area (Å²) in [5.74, 6) is -12.3. The maximum atomic E-state index is 15.8. The Hall–Kier alpha value is -3.72. The fourth-order valence-corrected chi connectivity index (χ4v) is 5.31. The van der Waals surface area contributed by atoms with Crippen LogP contribution in [0.1, 0.15) is 58.3 Å². The Kier molecular flexibility index (Phi) is 8.56. The van der Waals surface area contributed by atoms with E-state index in [9.17, 15) is 40.3 Å². The average Bonchev–Trinajstić information content (AvgIpc) is 3.32. The van der Waals surface area contributed by atoms with Crippen molar-refractivity contribution in [3.63, 3.8) is 0 Å². The normalized spacial score (nSPS) is 20.9. The molecule has 1 aromatic carbocycles. The van der Waals surface area contributed by atoms with Crippen LogP contribution in [-0.2, 0) is 9.59 Å². The minimum absolute atomic E-state index is 0. The van der Waals surface area contributed by atoms with Gasteiger partial charge < -0.3 is 20.9 Å². The molecule has 2 amide bonds. The molecular weight excluding hydrogens is 580 g/mol. The molecule has 1 aromatic heterocycles. The van der Waals surface area contributed by atoms with Crippen LogP contribution in [0.2, 0.25) is 0 Å². The van der Waals surface area contributed by atoms with Gasteiger partial charge in [-0.25, -0.2) is 26.9 Å². The molecule has 4 rings (SSSR count). The summed E-state index contributed by atoms with van der Waals surface area (Å²) in [6.07, 6.45) is -5.47. The van der Waals surface area contributed by atoms with E-state index in [1.54, 1.807) is 0 Å². The molecule has 2 heterocycles. The SMILES string of the molecule is CN=C(/C=C\N)C(=O)N[C@H](c1nc2c(F)c(C(CC(F)(F)F)C(=O)N3CC(F)(F)C3)ccc2[nH]1)C1CCC(F)(F)CC1.[HH].[HH]. The van der Waals surface area contributed by atoms with Crippen LogP contribution in [0.15, 0.2) is 29.4 Å². The number of hydrogen-bond donors (Lipinski definition) is 3. The summed E-state index contributed by atoms with van der Waals surface area (Å²) in [4.78, 5) is 37.0. The van der Waals surface area contributed by atoms with Gasteiger partial charge in [-0.3, -0.25) is 14.6 Å². The molecule has 2 aromatic rings. The van der Waals surface area contributed by atoms with Gasteiger partial charge in [0.15, 0.2) is 5.82 Å². The van der Waals surface area contributed by atoms with Gasteiger partial charge >= 0.3 is 6.18 Å². The van der Waals surface area contributed by atoms with E-state index < -0.39 is 97.0 Å². The third-order valence-electron chi connectivity index (χ3n) is 7.45. The number of nitrogens with zero attached hydrogens (tertiary/aromatic N) is 3. The second kappa shape index (κ2) is 11.5. The van der Waals surface area contributed by atoms with Crippen molar-refractivity contribution in [2.75, 3.05) is 20.1 Å². The molecule has 0 radical (unpaired) electrons. The van der Waals surface area contributed by atoms with Crippen LogP contribution in [-0.4, -0.2) is 70.6 Å². The van der Waals surface area contributed by atoms with Crippen molar-refractivity contribution in [1.29, 1.82) is 0 Å². The van der Waals surface area contributed by atoms with Crippen molar-refractivity contribution in [3.8, 4) is 0 Å². The monoisotopic (exact) mass is 612 g/mol. The van der Waals surface area contributed by atoms with Crippen LogP contribution in [0.3, 0.4) is 0 Å². The molecular formula is C26H32F8N6O2. The number of alkyl halides is 7. The number of rotatable bonds is 8. The van der Waals surface area contributed by atoms with E-state index in [0.29, 0.717) is 4.90 Å². The first kappa shape index (κ1) is 31.2. The van der Waals surface area contributed by atoms with E-state index in [4.69, 9.17) is 5.73 Å². The van der Waals surface area contributed by atoms with Crippen molar-refractivity contribution in [1.82, 2.24) is 20.2 Å². The molecule has 8 nitrogen and oxygen atoms in total. The standard InChI is InChI=1S/C26H28F8N6O2.2H2/c1-36-17(6-9-35)22(41)39-19(13-4-7-24(28,29)8-5-13)21-37-16-3-2-14(18(27)20(16)38-21)15(10-26(32,33)34)23(42)40-11-25(30,31)12-40;;/h2-3,6,9,13,15,19H,4-5,7-8,10-12,35H2,1H3,(H,37,38)(H,39,41);2*1H/b9-6-,36-17?;;/t15?,19-;;/m0../s1. The van der Waals surface area contributed by atoms with Gasteiger partial charge in [0.1, 0.15) is 17.1 Å². The zero-order valence-electron chi connectivity index (χ0n) is 22.3. The molecule has 234 valence electrons. The van der Waals surface area contributed by atoms with E-state index in [0.717, 1.165) is 12.3 Å². The van der Waals surface area contributed by atoms with E-state index in [1.807, 2.05) is 0 Å². The fourth-order valence-electron chi connectivity index (χ4n) is 5.31. The first-order chi connectivity index (χ1) is 19.5. The van der Waals surface area contributed by atoms with Gasteiger partial charge in [0.05, 0.1) is 37.0 Å². The highest BCUT2D eigenvalue weighted by Crippen LogP contribution is 2.42. The Labute approximate surface area is 237 Å². The summed E-state index contributed by atoms with van der Waals surface area (Å²) >= 11 is 0. The zero-order valence-corrected chi connectivity index (χ0v) is 22.3. The number of likely N-dealkylation sites (tertiary alicyclic amines) is 1. The quantitative estimate of drug-likeness (QED) is 0.280. The van der Waals surface area contributed by atoms with Gasteiger partial charge in [-0.1, -0.05) is 6.07 Å². The number of fused-ring (bicyclic) bond motifs is 1. The number of aromatic nitrogens is 2. The van der Waals surface area contributed by atoms with Gasteiger partial charge in [0.25, 0.3) is 11.8 Å². The van der Waals surface area contributed by atoms with Crippen LogP contribution in [0.4, 0.5) is 35.1 Å². The molecule has 1 saturated heterocycles. The number of aromatic amines is 1. The lowest BCUT2D eigenvalue weighted by atomic mass is 9.81. The topological polar surface area (TPSA) is 116 Å². The number of H-pyrrole nitrogens is 1. The summed E-state index contributed by atoms with van der Waals surface area (Å²) in [7, 11) is 1.32. The first-order valence-electron chi connectivity index (χ1n) is 13.0. The Bertz CT molecular complexity index is 1400. The van der Waals surface area contributed by atoms with Gasteiger partial charge in [-0.05, 0) is 37.1 Å². The van der Waals surface area contributed by atoms with Crippen LogP contribution in [0.5, 0.6) is 0 Å². The third-order valence-corrected chi connectivity index (χ3v) is 7.45. The number of hydrogen-bond acceptors (Lipinski definition) is 5. The van der Waals surface area contributed by atoms with Crippen LogP contribution in [0.25, 0.3) is 11.0 Å². The van der Waals surface area contributed by atoms with Crippen LogP contribution >= 0.6 is 0 Å². The smallest absolute Gasteiger partial charge is 0.390 e. The highest BCUT2D eigenvalue weighted by molar-refractivity contribution is 6.43. The van der Waals surface area contributed by atoms with E-state index >= 15 is 4.39 Å². The molecule has 1 unspecified atom stereocenters. The van der Waals surface area contributed by atoms with Crippen molar-refractivity contribution < 1.29 is 47.6 Å². The number of imidazole rings is 1. The second-order valence-electron chi connectivity index (χ2n) is 10.5. The number of amides is 2. The van der Waals surface area contributed by atoms with E-state index in [-0.39, 0.29) is 32.7 Å². The highest BCUT2D eigenvalue weighted by atomic mass is 19.4. The van der Waals surface area contributed by atoms with Gasteiger partial charge in [-0.15, -0.1) is 0 Å². The minimum atomic E-state index is -4.93. The Morgan fingerprint density at radius 2 is 1.86 bits per heavy atom. The number of benzene rings is 1. The number of halogens is 8. The lowest BCUT2D eigenvalue weighted by Gasteiger charge is -2.40. The van der Waals surface area contributed by atoms with Crippen molar-refractivity contribution in [2.45, 2.75) is 62.1 Å². The van der Waals surface area contributed by atoms with Crippen molar-refractivity contribution in [2.24, 2.45) is 16.6 Å². The number of nitrogens with two attached hydrogens (primary N) is 1. The largest absolute Gasteiger partial charge is 0.405 e. The molecule has 16 heteroatoms. The minimum Gasteiger partial charge on any atom is -0.405 e. The number of aliphatic imine (C=N–C) groups is 1. The first-order valence-corrected chi connectivity index (χ1v) is 13.0. The summed E-state index contributed by atoms with van der Waals surface area (Å²) < 4.78 is 110. The third kappa shape index (κ3) is 6.84. The van der Waals surface area contributed by atoms with Gasteiger partial charge in [-0.2, -0.15) is 13.2 Å². The molecule has 2 aliphatic rings. The van der Waals surface area contributed by atoms with Crippen LogP contribution in [0, 0.1) is 11.7 Å². The predicted octanol–water partition coefficient (Wildman–Crippen LogP) is 5.23. The van der Waals surface area contributed by atoms with Crippen LogP contribution < -0.4 is 11.1 Å². The summed E-state index contributed by atoms with van der Waals surface area (Å²) in [6, 6.07) is 1.06. The average molecular weight is 613 g/mol. The molecule has 0 bridgehead atoms. The molecule has 42 heavy (non-hydrogen) atoms. The Morgan fingerprint density at radius 1 is 1.21 bits per heavy atom. The number of carbonyl (C=O) groups excluding carboxylic acids is 2. The Morgan fingerprint density at radius 3 is 2.40 bits per heavy atom. The predicted molar refractivity (Wildman–Crippen MR) is 140 cm³/mol. The Balaban J connectivity index is 0.00000337.